The maximum absolute atomic E-state index is 11.6. The molecular weight excluding hydrogens is 372 g/mol. The summed E-state index contributed by atoms with van der Waals surface area (Å²) in [6.07, 6.45) is 2.11. The molecule has 0 bridgehead atoms. The number of nitrogens with zero attached hydrogens (tertiary/aromatic N) is 3. The molecule has 0 unspecified atom stereocenters. The highest BCUT2D eigenvalue weighted by atomic mass is 32.1. The zero-order chi connectivity index (χ0) is 19.3. The molecule has 0 aliphatic heterocycles. The van der Waals surface area contributed by atoms with Crippen LogP contribution in [-0.4, -0.2) is 20.9 Å². The molecule has 0 radical (unpaired) electrons. The number of hydrogen-bond donors (Lipinski definition) is 1. The molecule has 0 aliphatic carbocycles. The molecule has 0 saturated carbocycles. The van der Waals surface area contributed by atoms with Crippen molar-refractivity contribution in [2.45, 2.75) is 20.0 Å². The second-order valence-electron chi connectivity index (χ2n) is 6.10. The van der Waals surface area contributed by atoms with Gasteiger partial charge in [0.25, 0.3) is 0 Å². The van der Waals surface area contributed by atoms with Crippen LogP contribution in [0.3, 0.4) is 0 Å². The van der Waals surface area contributed by atoms with Crippen LogP contribution in [0, 0.1) is 0 Å². The predicted molar refractivity (Wildman–Crippen MR) is 110 cm³/mol. The number of thiazole rings is 1. The number of aromatic nitrogens is 3. The van der Waals surface area contributed by atoms with Crippen molar-refractivity contribution >= 4 is 32.6 Å². The number of benzene rings is 2. The van der Waals surface area contributed by atoms with Gasteiger partial charge in [0.2, 0.25) is 5.91 Å². The van der Waals surface area contributed by atoms with Gasteiger partial charge in [0.05, 0.1) is 15.9 Å². The molecule has 2 aromatic carbocycles. The smallest absolute Gasteiger partial charge is 0.317 e. The third kappa shape index (κ3) is 4.15. The normalized spacial score (nSPS) is 10.8. The lowest BCUT2D eigenvalue weighted by molar-refractivity contribution is -0.115. The molecule has 6 nitrogen and oxygen atoms in total. The molecule has 140 valence electrons. The molecule has 7 heteroatoms. The summed E-state index contributed by atoms with van der Waals surface area (Å²) in [7, 11) is 0. The summed E-state index contributed by atoms with van der Waals surface area (Å²) in [4.78, 5) is 24.7. The molecule has 4 aromatic rings. The van der Waals surface area contributed by atoms with Crippen LogP contribution in [0.1, 0.15) is 18.9 Å². The number of rotatable bonds is 6. The van der Waals surface area contributed by atoms with Crippen molar-refractivity contribution in [1.82, 2.24) is 15.0 Å². The molecule has 2 heterocycles. The van der Waals surface area contributed by atoms with E-state index in [9.17, 15) is 4.79 Å². The Morgan fingerprint density at radius 3 is 2.79 bits per heavy atom. The van der Waals surface area contributed by atoms with Gasteiger partial charge < -0.3 is 10.1 Å². The van der Waals surface area contributed by atoms with E-state index in [4.69, 9.17) is 4.74 Å². The van der Waals surface area contributed by atoms with Gasteiger partial charge in [-0.3, -0.25) is 4.79 Å². The summed E-state index contributed by atoms with van der Waals surface area (Å²) in [5.41, 5.74) is 3.61. The van der Waals surface area contributed by atoms with Gasteiger partial charge in [-0.15, -0.1) is 0 Å². The minimum Gasteiger partial charge on any atom is -0.459 e. The number of hydrogen-bond acceptors (Lipinski definition) is 6. The number of fused-ring (bicyclic) bond motifs is 1. The maximum atomic E-state index is 11.6. The van der Waals surface area contributed by atoms with Crippen molar-refractivity contribution in [3.8, 4) is 17.3 Å². The fourth-order valence-corrected chi connectivity index (χ4v) is 3.56. The SMILES string of the molecule is CCC(=O)Nc1nc2ccc(-c3ccnc(OCc4ccccc4)n3)cc2s1. The van der Waals surface area contributed by atoms with E-state index in [1.807, 2.05) is 61.5 Å². The first-order valence-corrected chi connectivity index (χ1v) is 9.73. The largest absolute Gasteiger partial charge is 0.459 e. The van der Waals surface area contributed by atoms with Crippen LogP contribution in [0.4, 0.5) is 5.13 Å². The number of anilines is 1. The lowest BCUT2D eigenvalue weighted by Gasteiger charge is -2.06. The van der Waals surface area contributed by atoms with Crippen molar-refractivity contribution in [2.75, 3.05) is 5.32 Å². The zero-order valence-electron chi connectivity index (χ0n) is 15.3. The Bertz CT molecular complexity index is 1110. The minimum absolute atomic E-state index is 0.0460. The van der Waals surface area contributed by atoms with Gasteiger partial charge in [-0.1, -0.05) is 54.7 Å². The van der Waals surface area contributed by atoms with Crippen molar-refractivity contribution < 1.29 is 9.53 Å². The van der Waals surface area contributed by atoms with E-state index in [-0.39, 0.29) is 5.91 Å². The van der Waals surface area contributed by atoms with E-state index in [0.29, 0.717) is 24.2 Å². The van der Waals surface area contributed by atoms with Crippen LogP contribution >= 0.6 is 11.3 Å². The highest BCUT2D eigenvalue weighted by Crippen LogP contribution is 2.30. The summed E-state index contributed by atoms with van der Waals surface area (Å²) in [5, 5.41) is 3.41. The lowest BCUT2D eigenvalue weighted by Crippen LogP contribution is -2.08. The van der Waals surface area contributed by atoms with Crippen LogP contribution in [0.15, 0.2) is 60.8 Å². The third-order valence-corrected chi connectivity index (χ3v) is 5.03. The van der Waals surface area contributed by atoms with Gasteiger partial charge in [0, 0.05) is 18.2 Å². The first-order valence-electron chi connectivity index (χ1n) is 8.92. The third-order valence-electron chi connectivity index (χ3n) is 4.10. The van der Waals surface area contributed by atoms with Crippen LogP contribution < -0.4 is 10.1 Å². The van der Waals surface area contributed by atoms with E-state index in [1.54, 1.807) is 6.20 Å². The Morgan fingerprint density at radius 2 is 1.96 bits per heavy atom. The van der Waals surface area contributed by atoms with Gasteiger partial charge in [-0.25, -0.2) is 9.97 Å². The molecule has 0 aliphatic rings. The maximum Gasteiger partial charge on any atom is 0.317 e. The van der Waals surface area contributed by atoms with E-state index < -0.39 is 0 Å². The van der Waals surface area contributed by atoms with Crippen molar-refractivity contribution in [3.05, 3.63) is 66.4 Å². The summed E-state index contributed by atoms with van der Waals surface area (Å²) in [6.45, 7) is 2.23. The molecule has 0 fully saturated rings. The average Bonchev–Trinajstić information content (AvgIpc) is 3.14. The summed E-state index contributed by atoms with van der Waals surface area (Å²) in [6, 6.07) is 18.0. The van der Waals surface area contributed by atoms with E-state index >= 15 is 0 Å². The fraction of sp³-hybridized carbons (Fsp3) is 0.143. The van der Waals surface area contributed by atoms with E-state index in [2.05, 4.69) is 20.3 Å². The molecule has 1 N–H and O–H groups in total. The summed E-state index contributed by atoms with van der Waals surface area (Å²) >= 11 is 1.44. The van der Waals surface area contributed by atoms with Gasteiger partial charge in [-0.05, 0) is 23.8 Å². The molecule has 2 aromatic heterocycles. The van der Waals surface area contributed by atoms with Crippen LogP contribution in [0.25, 0.3) is 21.5 Å². The Kier molecular flexibility index (Phi) is 5.25. The minimum atomic E-state index is -0.0460. The van der Waals surface area contributed by atoms with E-state index in [1.165, 1.54) is 11.3 Å². The van der Waals surface area contributed by atoms with Gasteiger partial charge in [0.1, 0.15) is 6.61 Å². The number of carbonyl (C=O) groups is 1. The first-order chi connectivity index (χ1) is 13.7. The van der Waals surface area contributed by atoms with Crippen molar-refractivity contribution in [3.63, 3.8) is 0 Å². The number of ether oxygens (including phenoxy) is 1. The molecule has 0 atom stereocenters. The second-order valence-corrected chi connectivity index (χ2v) is 7.13. The van der Waals surface area contributed by atoms with Gasteiger partial charge in [-0.2, -0.15) is 4.98 Å². The Labute approximate surface area is 166 Å². The summed E-state index contributed by atoms with van der Waals surface area (Å²) < 4.78 is 6.70. The average molecular weight is 390 g/mol. The zero-order valence-corrected chi connectivity index (χ0v) is 16.1. The first kappa shape index (κ1) is 18.1. The second kappa shape index (κ2) is 8.14. The standard InChI is InChI=1S/C21H18N4O2S/c1-2-19(26)25-21-24-17-9-8-15(12-18(17)28-21)16-10-11-22-20(23-16)27-13-14-6-4-3-5-7-14/h3-12H,2,13H2,1H3,(H,24,25,26). The van der Waals surface area contributed by atoms with E-state index in [0.717, 1.165) is 27.0 Å². The molecular formula is C21H18N4O2S. The number of carbonyl (C=O) groups excluding carboxylic acids is 1. The highest BCUT2D eigenvalue weighted by molar-refractivity contribution is 7.22. The topological polar surface area (TPSA) is 77.0 Å². The fourth-order valence-electron chi connectivity index (χ4n) is 2.64. The molecule has 1 amide bonds. The molecule has 0 spiro atoms. The van der Waals surface area contributed by atoms with Gasteiger partial charge >= 0.3 is 6.01 Å². The molecule has 28 heavy (non-hydrogen) atoms. The van der Waals surface area contributed by atoms with Crippen molar-refractivity contribution in [2.24, 2.45) is 0 Å². The highest BCUT2D eigenvalue weighted by Gasteiger charge is 2.09. The number of nitrogens with one attached hydrogen (secondary N) is 1. The van der Waals surface area contributed by atoms with Crippen molar-refractivity contribution in [1.29, 1.82) is 0 Å². The Morgan fingerprint density at radius 1 is 1.11 bits per heavy atom. The number of amides is 1. The van der Waals surface area contributed by atoms with Crippen LogP contribution in [0.5, 0.6) is 6.01 Å². The summed E-state index contributed by atoms with van der Waals surface area (Å²) in [5.74, 6) is -0.0460. The Balaban J connectivity index is 1.54. The molecule has 0 saturated heterocycles. The predicted octanol–water partition coefficient (Wildman–Crippen LogP) is 4.68. The quantitative estimate of drug-likeness (QED) is 0.517. The Hall–Kier alpha value is -3.32. The lowest BCUT2D eigenvalue weighted by atomic mass is 10.1. The van der Waals surface area contributed by atoms with Gasteiger partial charge in [0.15, 0.2) is 5.13 Å². The molecule has 4 rings (SSSR count). The monoisotopic (exact) mass is 390 g/mol. The van der Waals surface area contributed by atoms with Crippen LogP contribution in [-0.2, 0) is 11.4 Å². The van der Waals surface area contributed by atoms with Crippen LogP contribution in [0.2, 0.25) is 0 Å².